The van der Waals surface area contributed by atoms with Crippen molar-refractivity contribution in [2.45, 2.75) is 26.3 Å². The molecule has 2 N–H and O–H groups in total. The number of unbranched alkanes of at least 4 members (excludes halogenated alkanes) is 1. The molecule has 0 aliphatic carbocycles. The lowest BCUT2D eigenvalue weighted by Gasteiger charge is -2.10. The van der Waals surface area contributed by atoms with E-state index in [1.807, 2.05) is 24.3 Å². The summed E-state index contributed by atoms with van der Waals surface area (Å²) in [5.74, 6) is 0.0988. The second-order valence-electron chi connectivity index (χ2n) is 5.51. The minimum absolute atomic E-state index is 0.207. The average Bonchev–Trinajstić information content (AvgIpc) is 2.66. The molecule has 1 aromatic heterocycles. The van der Waals surface area contributed by atoms with Crippen LogP contribution < -0.4 is 15.4 Å². The van der Waals surface area contributed by atoms with E-state index in [9.17, 15) is 9.59 Å². The number of carbonyl (C=O) groups excluding carboxylic acids is 2. The zero-order valence-corrected chi connectivity index (χ0v) is 14.5. The summed E-state index contributed by atoms with van der Waals surface area (Å²) in [4.78, 5) is 28.5. The average molecular weight is 341 g/mol. The van der Waals surface area contributed by atoms with Gasteiger partial charge in [-0.3, -0.25) is 9.59 Å². The molecule has 2 amide bonds. The van der Waals surface area contributed by atoms with Crippen LogP contribution in [0.15, 0.2) is 42.5 Å². The van der Waals surface area contributed by atoms with Gasteiger partial charge in [0.25, 0.3) is 11.8 Å². The van der Waals surface area contributed by atoms with Gasteiger partial charge in [-0.25, -0.2) is 4.98 Å². The number of carbonyl (C=O) groups is 2. The van der Waals surface area contributed by atoms with E-state index in [2.05, 4.69) is 22.5 Å². The quantitative estimate of drug-likeness (QED) is 0.723. The largest absolute Gasteiger partial charge is 0.496 e. The van der Waals surface area contributed by atoms with Crippen LogP contribution in [0.25, 0.3) is 0 Å². The summed E-state index contributed by atoms with van der Waals surface area (Å²) in [6, 6.07) is 12.3. The second-order valence-corrected chi connectivity index (χ2v) is 5.51. The topological polar surface area (TPSA) is 80.3 Å². The lowest BCUT2D eigenvalue weighted by molar-refractivity contribution is 0.0942. The highest BCUT2D eigenvalue weighted by Gasteiger charge is 2.12. The fraction of sp³-hybridized carbons (Fsp3) is 0.316. The number of hydrogen-bond acceptors (Lipinski definition) is 4. The molecule has 6 heteroatoms. The molecule has 1 heterocycles. The molecule has 25 heavy (non-hydrogen) atoms. The predicted molar refractivity (Wildman–Crippen MR) is 95.6 cm³/mol. The second kappa shape index (κ2) is 9.42. The first-order valence-corrected chi connectivity index (χ1v) is 8.31. The van der Waals surface area contributed by atoms with E-state index >= 15 is 0 Å². The van der Waals surface area contributed by atoms with E-state index in [1.165, 1.54) is 0 Å². The van der Waals surface area contributed by atoms with Gasteiger partial charge >= 0.3 is 0 Å². The highest BCUT2D eigenvalue weighted by Crippen LogP contribution is 2.16. The lowest BCUT2D eigenvalue weighted by Crippen LogP contribution is -2.28. The lowest BCUT2D eigenvalue weighted by atomic mass is 10.2. The third-order valence-electron chi connectivity index (χ3n) is 3.66. The van der Waals surface area contributed by atoms with Crippen LogP contribution in [0.4, 0.5) is 0 Å². The van der Waals surface area contributed by atoms with Crippen molar-refractivity contribution in [3.63, 3.8) is 0 Å². The van der Waals surface area contributed by atoms with E-state index in [4.69, 9.17) is 4.74 Å². The molecule has 1 aromatic carbocycles. The molecule has 0 aliphatic heterocycles. The normalized spacial score (nSPS) is 10.2. The van der Waals surface area contributed by atoms with Crippen molar-refractivity contribution >= 4 is 11.8 Å². The van der Waals surface area contributed by atoms with Crippen molar-refractivity contribution in [2.75, 3.05) is 13.7 Å². The van der Waals surface area contributed by atoms with Gasteiger partial charge in [0.05, 0.1) is 7.11 Å². The summed E-state index contributed by atoms with van der Waals surface area (Å²) in [5, 5.41) is 5.58. The molecule has 6 nitrogen and oxygen atoms in total. The molecule has 0 aliphatic rings. The van der Waals surface area contributed by atoms with Crippen molar-refractivity contribution < 1.29 is 14.3 Å². The Labute approximate surface area is 147 Å². The summed E-state index contributed by atoms with van der Waals surface area (Å²) in [6.07, 6.45) is 1.91. The Balaban J connectivity index is 2.00. The van der Waals surface area contributed by atoms with Gasteiger partial charge in [0.1, 0.15) is 17.1 Å². The molecule has 0 atom stereocenters. The smallest absolute Gasteiger partial charge is 0.270 e. The van der Waals surface area contributed by atoms with Gasteiger partial charge in [0.2, 0.25) is 0 Å². The van der Waals surface area contributed by atoms with Crippen LogP contribution in [0.2, 0.25) is 0 Å². The number of nitrogens with zero attached hydrogens (tertiary/aromatic N) is 1. The van der Waals surface area contributed by atoms with Crippen molar-refractivity contribution in [1.82, 2.24) is 15.6 Å². The summed E-state index contributed by atoms with van der Waals surface area (Å²) >= 11 is 0. The highest BCUT2D eigenvalue weighted by atomic mass is 16.5. The van der Waals surface area contributed by atoms with Crippen LogP contribution in [-0.2, 0) is 6.54 Å². The first-order chi connectivity index (χ1) is 12.2. The van der Waals surface area contributed by atoms with Crippen molar-refractivity contribution in [3.8, 4) is 5.75 Å². The van der Waals surface area contributed by atoms with Gasteiger partial charge in [0, 0.05) is 18.7 Å². The number of para-hydroxylation sites is 1. The Morgan fingerprint density at radius 1 is 1.00 bits per heavy atom. The van der Waals surface area contributed by atoms with Crippen molar-refractivity contribution in [3.05, 3.63) is 59.4 Å². The number of rotatable bonds is 8. The van der Waals surface area contributed by atoms with Crippen LogP contribution in [0.1, 0.15) is 46.3 Å². The number of ether oxygens (including phenoxy) is 1. The standard InChI is InChI=1S/C19H23N3O3/c1-3-4-12-20-18(23)15-9-7-10-16(22-15)19(24)21-13-14-8-5-6-11-17(14)25-2/h5-11H,3-4,12-13H2,1-2H3,(H,20,23)(H,21,24). The molecule has 0 saturated heterocycles. The van der Waals surface area contributed by atoms with E-state index in [1.54, 1.807) is 25.3 Å². The zero-order valence-electron chi connectivity index (χ0n) is 14.5. The van der Waals surface area contributed by atoms with E-state index < -0.39 is 0 Å². The molecule has 0 bridgehead atoms. The van der Waals surface area contributed by atoms with E-state index in [0.29, 0.717) is 18.8 Å². The fourth-order valence-electron chi connectivity index (χ4n) is 2.27. The summed E-state index contributed by atoms with van der Waals surface area (Å²) in [7, 11) is 1.59. The Kier molecular flexibility index (Phi) is 6.95. The number of methoxy groups -OCH3 is 1. The molecule has 0 saturated carbocycles. The number of nitrogens with one attached hydrogen (secondary N) is 2. The van der Waals surface area contributed by atoms with Crippen LogP contribution in [0, 0.1) is 0 Å². The number of pyridine rings is 1. The van der Waals surface area contributed by atoms with Gasteiger partial charge < -0.3 is 15.4 Å². The molecule has 0 radical (unpaired) electrons. The maximum absolute atomic E-state index is 12.3. The molecule has 2 aromatic rings. The number of hydrogen-bond donors (Lipinski definition) is 2. The first-order valence-electron chi connectivity index (χ1n) is 8.31. The van der Waals surface area contributed by atoms with Gasteiger partial charge in [0.15, 0.2) is 0 Å². The molecule has 2 rings (SSSR count). The minimum Gasteiger partial charge on any atom is -0.496 e. The Hall–Kier alpha value is -2.89. The van der Waals surface area contributed by atoms with Gasteiger partial charge in [-0.15, -0.1) is 0 Å². The monoisotopic (exact) mass is 341 g/mol. The highest BCUT2D eigenvalue weighted by molar-refractivity contribution is 5.96. The molecule has 0 unspecified atom stereocenters. The third kappa shape index (κ3) is 5.31. The van der Waals surface area contributed by atoms with E-state index in [-0.39, 0.29) is 23.2 Å². The van der Waals surface area contributed by atoms with Gasteiger partial charge in [-0.2, -0.15) is 0 Å². The van der Waals surface area contributed by atoms with Crippen LogP contribution in [0.5, 0.6) is 5.75 Å². The maximum Gasteiger partial charge on any atom is 0.270 e. The SMILES string of the molecule is CCCCNC(=O)c1cccc(C(=O)NCc2ccccc2OC)n1. The predicted octanol–water partition coefficient (Wildman–Crippen LogP) is 2.55. The van der Waals surface area contributed by atoms with E-state index in [0.717, 1.165) is 18.4 Å². The number of aromatic nitrogens is 1. The molecule has 0 fully saturated rings. The van der Waals surface area contributed by atoms with Crippen molar-refractivity contribution in [2.24, 2.45) is 0 Å². The van der Waals surface area contributed by atoms with Gasteiger partial charge in [-0.1, -0.05) is 37.6 Å². The van der Waals surface area contributed by atoms with Gasteiger partial charge in [-0.05, 0) is 24.6 Å². The summed E-state index contributed by atoms with van der Waals surface area (Å²) < 4.78 is 5.26. The Morgan fingerprint density at radius 3 is 2.36 bits per heavy atom. The molecular weight excluding hydrogens is 318 g/mol. The minimum atomic E-state index is -0.339. The summed E-state index contributed by atoms with van der Waals surface area (Å²) in [6.45, 7) is 2.97. The third-order valence-corrected chi connectivity index (χ3v) is 3.66. The molecular formula is C19H23N3O3. The Bertz CT molecular complexity index is 731. The Morgan fingerprint density at radius 2 is 1.68 bits per heavy atom. The molecule has 132 valence electrons. The van der Waals surface area contributed by atoms with Crippen LogP contribution in [0.3, 0.4) is 0 Å². The van der Waals surface area contributed by atoms with Crippen molar-refractivity contribution in [1.29, 1.82) is 0 Å². The first kappa shape index (κ1) is 18.4. The number of benzene rings is 1. The summed E-state index contributed by atoms with van der Waals surface area (Å²) in [5.41, 5.74) is 1.31. The van der Waals surface area contributed by atoms with Crippen LogP contribution >= 0.6 is 0 Å². The fourth-order valence-corrected chi connectivity index (χ4v) is 2.27. The number of amides is 2. The zero-order chi connectivity index (χ0) is 18.1. The van der Waals surface area contributed by atoms with Crippen LogP contribution in [-0.4, -0.2) is 30.5 Å². The molecule has 0 spiro atoms. The maximum atomic E-state index is 12.3.